The van der Waals surface area contributed by atoms with Gasteiger partial charge in [-0.1, -0.05) is 127 Å². The number of nitrogens with zero attached hydrogens (tertiary/aromatic N) is 1. The molecule has 2 aliphatic heterocycles. The molecule has 0 unspecified atom stereocenters. The number of aromatic amines is 1. The molecule has 1 fully saturated rings. The number of hydrogen-bond acceptors (Lipinski definition) is 4. The van der Waals surface area contributed by atoms with Crippen molar-refractivity contribution in [3.63, 3.8) is 0 Å². The van der Waals surface area contributed by atoms with E-state index in [-0.39, 0.29) is 29.4 Å². The lowest BCUT2D eigenvalue weighted by Gasteiger charge is -2.31. The van der Waals surface area contributed by atoms with Crippen LogP contribution in [0.1, 0.15) is 33.7 Å². The maximum Gasteiger partial charge on any atom is 0.253 e. The van der Waals surface area contributed by atoms with Gasteiger partial charge in [-0.3, -0.25) is 14.9 Å². The Labute approximate surface area is 279 Å². The van der Waals surface area contributed by atoms with Gasteiger partial charge in [0, 0.05) is 51.9 Å². The van der Waals surface area contributed by atoms with Gasteiger partial charge < -0.3 is 15.0 Å². The number of aliphatic hydroxyl groups is 1. The van der Waals surface area contributed by atoms with Gasteiger partial charge in [-0.25, -0.2) is 0 Å². The lowest BCUT2D eigenvalue weighted by molar-refractivity contribution is -0.131. The number of aliphatic hydroxyl groups excluding tert-OH is 1. The molecule has 2 aliphatic rings. The molecule has 1 aromatic heterocycles. The van der Waals surface area contributed by atoms with Crippen LogP contribution in [0.15, 0.2) is 152 Å². The van der Waals surface area contributed by atoms with Crippen LogP contribution in [0.3, 0.4) is 0 Å². The summed E-state index contributed by atoms with van der Waals surface area (Å²) in [5.41, 5.74) is 4.84. The van der Waals surface area contributed by atoms with Crippen LogP contribution in [0.5, 0.6) is 0 Å². The summed E-state index contributed by atoms with van der Waals surface area (Å²) >= 11 is 0. The zero-order chi connectivity index (χ0) is 32.7. The molecule has 0 bridgehead atoms. The quantitative estimate of drug-likeness (QED) is 0.119. The second-order valence-electron chi connectivity index (χ2n) is 12.7. The summed E-state index contributed by atoms with van der Waals surface area (Å²) in [6, 6.07) is 44.7. The van der Waals surface area contributed by atoms with Gasteiger partial charge in [-0.05, 0) is 35.2 Å². The van der Waals surface area contributed by atoms with Crippen LogP contribution in [0.2, 0.25) is 0 Å². The summed E-state index contributed by atoms with van der Waals surface area (Å²) < 4.78 is 0. The first kappa shape index (κ1) is 29.7. The Morgan fingerprint density at radius 2 is 1.44 bits per heavy atom. The topological polar surface area (TPSA) is 85.4 Å². The first-order valence-electron chi connectivity index (χ1n) is 16.4. The van der Waals surface area contributed by atoms with Crippen LogP contribution in [-0.2, 0) is 28.1 Å². The molecule has 0 saturated carbocycles. The van der Waals surface area contributed by atoms with E-state index in [0.717, 1.165) is 38.8 Å². The molecule has 3 heterocycles. The number of ketones is 1. The highest BCUT2D eigenvalue weighted by Gasteiger charge is 2.65. The first-order chi connectivity index (χ1) is 23.5. The van der Waals surface area contributed by atoms with Gasteiger partial charge >= 0.3 is 0 Å². The van der Waals surface area contributed by atoms with Crippen molar-refractivity contribution >= 4 is 34.0 Å². The second-order valence-corrected chi connectivity index (χ2v) is 12.7. The molecular weight excluding hydrogens is 594 g/mol. The van der Waals surface area contributed by atoms with Crippen molar-refractivity contribution in [3.05, 3.63) is 180 Å². The fraction of sp³-hybridized carbons (Fsp3) is 0.143. The van der Waals surface area contributed by atoms with Gasteiger partial charge in [0.05, 0.1) is 12.5 Å². The normalized spacial score (nSPS) is 22.0. The molecule has 1 saturated heterocycles. The lowest BCUT2D eigenvalue weighted by Crippen LogP contribution is -2.53. The number of anilines is 1. The number of nitrogens with one attached hydrogen (secondary N) is 2. The number of amides is 1. The fourth-order valence-corrected chi connectivity index (χ4v) is 7.94. The minimum absolute atomic E-state index is 0.123. The number of fused-ring (bicyclic) bond motifs is 3. The minimum Gasteiger partial charge on any atom is -0.507 e. The van der Waals surface area contributed by atoms with Crippen LogP contribution in [-0.4, -0.2) is 27.8 Å². The largest absolute Gasteiger partial charge is 0.507 e. The van der Waals surface area contributed by atoms with Gasteiger partial charge in [-0.2, -0.15) is 0 Å². The van der Waals surface area contributed by atoms with Crippen molar-refractivity contribution in [2.45, 2.75) is 30.5 Å². The Morgan fingerprint density at radius 1 is 0.792 bits per heavy atom. The van der Waals surface area contributed by atoms with E-state index in [0.29, 0.717) is 18.5 Å². The number of carbonyl (C=O) groups is 2. The Bertz CT molecular complexity index is 2140. The van der Waals surface area contributed by atoms with Gasteiger partial charge in [0.2, 0.25) is 0 Å². The van der Waals surface area contributed by atoms with Gasteiger partial charge in [0.15, 0.2) is 5.78 Å². The molecule has 4 atom stereocenters. The zero-order valence-corrected chi connectivity index (χ0v) is 26.3. The second kappa shape index (κ2) is 12.1. The molecule has 48 heavy (non-hydrogen) atoms. The number of para-hydroxylation sites is 2. The SMILES string of the molecule is O=C(/C=C(\O)c1ccccc1)[C@H]1[C@H](c2ccccc2)[C@@H](Cc2c[nH]c3ccccc23)N[C@]12C(=O)N(Cc1ccccc1)c1ccccc12. The average Bonchev–Trinajstić information content (AvgIpc) is 3.77. The maximum absolute atomic E-state index is 15.2. The predicted octanol–water partition coefficient (Wildman–Crippen LogP) is 7.69. The summed E-state index contributed by atoms with van der Waals surface area (Å²) in [6.07, 6.45) is 3.93. The number of aromatic nitrogens is 1. The highest BCUT2D eigenvalue weighted by atomic mass is 16.3. The molecule has 0 radical (unpaired) electrons. The Kier molecular flexibility index (Phi) is 7.50. The van der Waals surface area contributed by atoms with E-state index in [4.69, 9.17) is 0 Å². The summed E-state index contributed by atoms with van der Waals surface area (Å²) in [7, 11) is 0. The predicted molar refractivity (Wildman–Crippen MR) is 189 cm³/mol. The Morgan fingerprint density at radius 3 is 2.21 bits per heavy atom. The molecule has 1 amide bonds. The monoisotopic (exact) mass is 629 g/mol. The van der Waals surface area contributed by atoms with E-state index >= 15 is 4.79 Å². The van der Waals surface area contributed by atoms with Gasteiger partial charge in [-0.15, -0.1) is 0 Å². The molecule has 6 nitrogen and oxygen atoms in total. The van der Waals surface area contributed by atoms with E-state index in [9.17, 15) is 9.90 Å². The van der Waals surface area contributed by atoms with Crippen molar-refractivity contribution in [1.29, 1.82) is 0 Å². The van der Waals surface area contributed by atoms with Crippen molar-refractivity contribution in [1.82, 2.24) is 10.3 Å². The number of benzene rings is 5. The number of carbonyl (C=O) groups excluding carboxylic acids is 2. The van der Waals surface area contributed by atoms with Gasteiger partial charge in [0.25, 0.3) is 5.91 Å². The van der Waals surface area contributed by atoms with E-state index in [1.54, 1.807) is 12.1 Å². The zero-order valence-electron chi connectivity index (χ0n) is 26.3. The first-order valence-corrected chi connectivity index (χ1v) is 16.4. The molecule has 0 aliphatic carbocycles. The van der Waals surface area contributed by atoms with Crippen molar-refractivity contribution < 1.29 is 14.7 Å². The van der Waals surface area contributed by atoms with Crippen LogP contribution >= 0.6 is 0 Å². The number of allylic oxidation sites excluding steroid dienone is 1. The number of hydrogen-bond donors (Lipinski definition) is 3. The third-order valence-electron chi connectivity index (χ3n) is 10.0. The molecule has 236 valence electrons. The van der Waals surface area contributed by atoms with E-state index < -0.39 is 11.5 Å². The van der Waals surface area contributed by atoms with Crippen LogP contribution in [0.25, 0.3) is 16.7 Å². The minimum atomic E-state index is -1.37. The fourth-order valence-electron chi connectivity index (χ4n) is 7.94. The Balaban J connectivity index is 1.32. The van der Waals surface area contributed by atoms with E-state index in [1.807, 2.05) is 126 Å². The molecular formula is C42H35N3O3. The van der Waals surface area contributed by atoms with E-state index in [2.05, 4.69) is 22.4 Å². The highest BCUT2D eigenvalue weighted by molar-refractivity contribution is 6.13. The van der Waals surface area contributed by atoms with Crippen LogP contribution < -0.4 is 10.2 Å². The molecule has 6 aromatic rings. The highest BCUT2D eigenvalue weighted by Crippen LogP contribution is 2.55. The van der Waals surface area contributed by atoms with E-state index in [1.165, 1.54) is 6.08 Å². The summed E-state index contributed by atoms with van der Waals surface area (Å²) in [6.45, 7) is 0.370. The summed E-state index contributed by atoms with van der Waals surface area (Å²) in [4.78, 5) is 35.3. The molecule has 3 N–H and O–H groups in total. The third kappa shape index (κ3) is 4.93. The standard InChI is InChI=1S/C42H35N3O3/c46-37(29-16-6-2-7-17-29)25-38(47)40-39(30-18-8-3-9-19-30)35(24-31-26-43-34-22-12-10-20-32(31)34)44-42(40)33-21-11-13-23-36(33)45(41(42)48)27-28-14-4-1-5-15-28/h1-23,25-26,35,39-40,43-44,46H,24,27H2/b37-25-/t35-,39-,40+,42+/m1/s1. The average molecular weight is 630 g/mol. The number of H-pyrrole nitrogens is 1. The third-order valence-corrected chi connectivity index (χ3v) is 10.0. The molecule has 8 rings (SSSR count). The molecule has 1 spiro atoms. The van der Waals surface area contributed by atoms with Gasteiger partial charge in [0.1, 0.15) is 11.3 Å². The van der Waals surface area contributed by atoms with Crippen molar-refractivity contribution in [2.75, 3.05) is 4.90 Å². The molecule has 6 heteroatoms. The lowest BCUT2D eigenvalue weighted by atomic mass is 9.70. The smallest absolute Gasteiger partial charge is 0.253 e. The summed E-state index contributed by atoms with van der Waals surface area (Å²) in [5.74, 6) is -1.83. The number of rotatable bonds is 8. The summed E-state index contributed by atoms with van der Waals surface area (Å²) in [5, 5.41) is 16.2. The maximum atomic E-state index is 15.2. The molecule has 5 aromatic carbocycles. The van der Waals surface area contributed by atoms with Crippen molar-refractivity contribution in [2.24, 2.45) is 5.92 Å². The van der Waals surface area contributed by atoms with Crippen LogP contribution in [0, 0.1) is 5.92 Å². The van der Waals surface area contributed by atoms with Crippen LogP contribution in [0.4, 0.5) is 5.69 Å². The Hall–Kier alpha value is -5.72. The van der Waals surface area contributed by atoms with Crippen molar-refractivity contribution in [3.8, 4) is 0 Å².